The molecule has 0 radical (unpaired) electrons. The van der Waals surface area contributed by atoms with Crippen molar-refractivity contribution in [3.63, 3.8) is 0 Å². The first-order chi connectivity index (χ1) is 17.6. The zero-order valence-corrected chi connectivity index (χ0v) is 22.0. The van der Waals surface area contributed by atoms with E-state index in [-0.39, 0.29) is 24.9 Å². The van der Waals surface area contributed by atoms with Gasteiger partial charge in [0.05, 0.1) is 6.61 Å². The van der Waals surface area contributed by atoms with Crippen LogP contribution in [-0.4, -0.2) is 67.0 Å². The molecule has 0 aliphatic carbocycles. The zero-order chi connectivity index (χ0) is 27.4. The van der Waals surface area contributed by atoms with Gasteiger partial charge in [-0.2, -0.15) is 0 Å². The number of ether oxygens (including phenoxy) is 1. The van der Waals surface area contributed by atoms with Crippen LogP contribution >= 0.6 is 0 Å². The fraction of sp³-hybridized carbons (Fsp3) is 0.577. The minimum absolute atomic E-state index is 0.144. The average molecular weight is 518 g/mol. The molecule has 0 aromatic heterocycles. The van der Waals surface area contributed by atoms with Gasteiger partial charge in [0, 0.05) is 13.0 Å². The Bertz CT molecular complexity index is 939. The number of rotatable bonds is 11. The Morgan fingerprint density at radius 1 is 0.973 bits per heavy atom. The van der Waals surface area contributed by atoms with Crippen LogP contribution in [0.4, 0.5) is 4.79 Å². The number of hydrogen-bond acceptors (Lipinski definition) is 6. The third-order valence-electron chi connectivity index (χ3n) is 6.02. The maximum absolute atomic E-state index is 13.2. The number of nitrogens with one attached hydrogen (secondary N) is 5. The summed E-state index contributed by atoms with van der Waals surface area (Å²) in [5.41, 5.74) is 0.817. The van der Waals surface area contributed by atoms with E-state index in [0.29, 0.717) is 13.0 Å². The van der Waals surface area contributed by atoms with Gasteiger partial charge in [-0.25, -0.2) is 4.79 Å². The summed E-state index contributed by atoms with van der Waals surface area (Å²) in [6.07, 6.45) is 1.63. The Balaban J connectivity index is 2.04. The van der Waals surface area contributed by atoms with Crippen molar-refractivity contribution in [3.05, 3.63) is 35.9 Å². The topological polar surface area (TPSA) is 155 Å². The van der Waals surface area contributed by atoms with Crippen LogP contribution in [0.5, 0.6) is 0 Å². The Labute approximate surface area is 217 Å². The summed E-state index contributed by atoms with van der Waals surface area (Å²) in [5.74, 6) is -2.15. The lowest BCUT2D eigenvalue weighted by Gasteiger charge is -2.27. The van der Waals surface area contributed by atoms with Gasteiger partial charge >= 0.3 is 6.09 Å². The molecule has 11 nitrogen and oxygen atoms in total. The molecule has 1 heterocycles. The summed E-state index contributed by atoms with van der Waals surface area (Å²) < 4.78 is 4.93. The summed E-state index contributed by atoms with van der Waals surface area (Å²) in [4.78, 5) is 63.1. The van der Waals surface area contributed by atoms with Crippen LogP contribution in [0, 0.1) is 5.92 Å². The Morgan fingerprint density at radius 2 is 1.68 bits per heavy atom. The van der Waals surface area contributed by atoms with Crippen LogP contribution in [-0.2, 0) is 30.3 Å². The molecule has 1 saturated heterocycles. The van der Waals surface area contributed by atoms with Gasteiger partial charge in [0.1, 0.15) is 24.2 Å². The maximum Gasteiger partial charge on any atom is 0.407 e. The number of alkyl carbamates (subject to hydrolysis) is 1. The van der Waals surface area contributed by atoms with Crippen LogP contribution < -0.4 is 26.6 Å². The molecule has 0 unspecified atom stereocenters. The molecule has 2 rings (SSSR count). The van der Waals surface area contributed by atoms with Crippen molar-refractivity contribution in [2.45, 2.75) is 77.5 Å². The monoisotopic (exact) mass is 517 g/mol. The van der Waals surface area contributed by atoms with E-state index in [1.54, 1.807) is 20.8 Å². The molecular formula is C26H39N5O6. The van der Waals surface area contributed by atoms with Gasteiger partial charge in [-0.05, 0) is 44.6 Å². The van der Waals surface area contributed by atoms with Gasteiger partial charge in [-0.1, -0.05) is 44.2 Å². The summed E-state index contributed by atoms with van der Waals surface area (Å²) in [7, 11) is 0. The zero-order valence-electron chi connectivity index (χ0n) is 22.0. The molecule has 5 amide bonds. The lowest BCUT2D eigenvalue weighted by molar-refractivity contribution is -0.134. The molecule has 37 heavy (non-hydrogen) atoms. The van der Waals surface area contributed by atoms with Gasteiger partial charge in [-0.15, -0.1) is 0 Å². The SMILES string of the molecule is CCOC(=O)N[C@@H](Cc1ccccc1)C(=O)N[C@H](C(=O)N[C@@H](C)C(=O)N[C@H]1CCCCNC1=O)C(C)C. The fourth-order valence-electron chi connectivity index (χ4n) is 3.91. The van der Waals surface area contributed by atoms with Gasteiger partial charge in [0.15, 0.2) is 0 Å². The average Bonchev–Trinajstić information content (AvgIpc) is 3.06. The van der Waals surface area contributed by atoms with Crippen molar-refractivity contribution >= 4 is 29.7 Å². The summed E-state index contributed by atoms with van der Waals surface area (Å²) >= 11 is 0. The first kappa shape index (κ1) is 29.6. The third kappa shape index (κ3) is 9.74. The molecule has 1 fully saturated rings. The van der Waals surface area contributed by atoms with Crippen LogP contribution in [0.15, 0.2) is 30.3 Å². The van der Waals surface area contributed by atoms with Crippen molar-refractivity contribution in [1.29, 1.82) is 0 Å². The summed E-state index contributed by atoms with van der Waals surface area (Å²) in [5, 5.41) is 13.3. The Hall–Kier alpha value is -3.63. The van der Waals surface area contributed by atoms with Gasteiger partial charge in [0.25, 0.3) is 0 Å². The van der Waals surface area contributed by atoms with Gasteiger partial charge < -0.3 is 31.3 Å². The van der Waals surface area contributed by atoms with E-state index in [1.165, 1.54) is 6.92 Å². The highest BCUT2D eigenvalue weighted by molar-refractivity contribution is 5.95. The van der Waals surface area contributed by atoms with E-state index >= 15 is 0 Å². The highest BCUT2D eigenvalue weighted by atomic mass is 16.5. The number of amides is 5. The molecule has 4 atom stereocenters. The van der Waals surface area contributed by atoms with Crippen molar-refractivity contribution < 1.29 is 28.7 Å². The van der Waals surface area contributed by atoms with Gasteiger partial charge in [-0.3, -0.25) is 19.2 Å². The molecule has 204 valence electrons. The molecule has 5 N–H and O–H groups in total. The van der Waals surface area contributed by atoms with Crippen LogP contribution in [0.1, 0.15) is 52.5 Å². The molecule has 1 aliphatic heterocycles. The van der Waals surface area contributed by atoms with E-state index in [1.807, 2.05) is 30.3 Å². The quantitative estimate of drug-likeness (QED) is 0.292. The van der Waals surface area contributed by atoms with Crippen LogP contribution in [0.25, 0.3) is 0 Å². The Kier molecular flexibility index (Phi) is 11.9. The standard InChI is InChI=1S/C26H39N5O6/c1-5-37-26(36)30-20(15-18-11-7-6-8-12-18)24(34)31-21(16(2)3)25(35)28-17(4)22(32)29-19-13-9-10-14-27-23(19)33/h6-8,11-12,16-17,19-21H,5,9-10,13-15H2,1-4H3,(H,27,33)(H,28,35)(H,29,32)(H,30,36)(H,31,34)/t17-,19-,20-,21-/m0/s1. The van der Waals surface area contributed by atoms with Crippen LogP contribution in [0.3, 0.4) is 0 Å². The second kappa shape index (κ2) is 14.8. The fourth-order valence-corrected chi connectivity index (χ4v) is 3.91. The Morgan fingerprint density at radius 3 is 2.32 bits per heavy atom. The normalized spacial score (nSPS) is 17.9. The van der Waals surface area contributed by atoms with E-state index in [0.717, 1.165) is 18.4 Å². The first-order valence-corrected chi connectivity index (χ1v) is 12.8. The molecule has 0 saturated carbocycles. The third-order valence-corrected chi connectivity index (χ3v) is 6.02. The van der Waals surface area contributed by atoms with E-state index < -0.39 is 48.0 Å². The van der Waals surface area contributed by atoms with Crippen molar-refractivity contribution in [1.82, 2.24) is 26.6 Å². The van der Waals surface area contributed by atoms with E-state index in [4.69, 9.17) is 4.74 Å². The highest BCUT2D eigenvalue weighted by Gasteiger charge is 2.31. The number of hydrogen-bond donors (Lipinski definition) is 5. The minimum Gasteiger partial charge on any atom is -0.450 e. The second-order valence-corrected chi connectivity index (χ2v) is 9.42. The largest absolute Gasteiger partial charge is 0.450 e. The van der Waals surface area contributed by atoms with Crippen molar-refractivity contribution in [2.75, 3.05) is 13.2 Å². The molecule has 1 aromatic rings. The lowest BCUT2D eigenvalue weighted by Crippen LogP contribution is -2.59. The molecule has 0 spiro atoms. The molecule has 11 heteroatoms. The predicted octanol–water partition coefficient (Wildman–Crippen LogP) is 0.774. The maximum atomic E-state index is 13.2. The lowest BCUT2D eigenvalue weighted by atomic mass is 10.0. The molecule has 1 aliphatic rings. The molecule has 1 aromatic carbocycles. The van der Waals surface area contributed by atoms with Crippen molar-refractivity contribution in [3.8, 4) is 0 Å². The van der Waals surface area contributed by atoms with Crippen molar-refractivity contribution in [2.24, 2.45) is 5.92 Å². The van der Waals surface area contributed by atoms with E-state index in [9.17, 15) is 24.0 Å². The highest BCUT2D eigenvalue weighted by Crippen LogP contribution is 2.09. The smallest absolute Gasteiger partial charge is 0.407 e. The molecular weight excluding hydrogens is 478 g/mol. The molecule has 0 bridgehead atoms. The minimum atomic E-state index is -0.982. The number of carbonyl (C=O) groups excluding carboxylic acids is 5. The first-order valence-electron chi connectivity index (χ1n) is 12.8. The summed E-state index contributed by atoms with van der Waals surface area (Å²) in [6.45, 7) is 7.41. The van der Waals surface area contributed by atoms with Gasteiger partial charge in [0.2, 0.25) is 23.6 Å². The van der Waals surface area contributed by atoms with E-state index in [2.05, 4.69) is 26.6 Å². The predicted molar refractivity (Wildman–Crippen MR) is 137 cm³/mol. The summed E-state index contributed by atoms with van der Waals surface area (Å²) in [6, 6.07) is 5.62. The second-order valence-electron chi connectivity index (χ2n) is 9.42. The number of benzene rings is 1. The van der Waals surface area contributed by atoms with Crippen LogP contribution in [0.2, 0.25) is 0 Å². The number of carbonyl (C=O) groups is 5.